The molecule has 1 aromatic heterocycles. The van der Waals surface area contributed by atoms with Gasteiger partial charge in [0.2, 0.25) is 0 Å². The number of ketones is 1. The second kappa shape index (κ2) is 8.14. The number of carbonyl (C=O) groups is 2. The van der Waals surface area contributed by atoms with Crippen LogP contribution in [0.25, 0.3) is 0 Å². The Hall–Kier alpha value is -1.40. The Morgan fingerprint density at radius 2 is 2.10 bits per heavy atom. The number of Topliss-reactive ketones (excluding diaryl/α,β-unsaturated/α-hetero) is 1. The summed E-state index contributed by atoms with van der Waals surface area (Å²) >= 11 is 1.40. The quantitative estimate of drug-likeness (QED) is 0.785. The molecule has 21 heavy (non-hydrogen) atoms. The molecule has 0 aliphatic heterocycles. The summed E-state index contributed by atoms with van der Waals surface area (Å²) in [5.74, 6) is 0.0159. The second-order valence-corrected chi connectivity index (χ2v) is 6.68. The number of rotatable bonds is 7. The standard InChI is InChI=1S/C15H23NO4S/c1-15(2,3)20-14(18)16-11(7-8-19-4)10-12(17)13-6-5-9-21-13/h5-6,9,11H,7-8,10H2,1-4H3,(H,16,18). The predicted molar refractivity (Wildman–Crippen MR) is 82.9 cm³/mol. The molecule has 0 radical (unpaired) electrons. The van der Waals surface area contributed by atoms with E-state index in [1.165, 1.54) is 11.3 Å². The maximum Gasteiger partial charge on any atom is 0.407 e. The second-order valence-electron chi connectivity index (χ2n) is 5.73. The minimum Gasteiger partial charge on any atom is -0.444 e. The maximum atomic E-state index is 12.1. The first-order chi connectivity index (χ1) is 9.81. The van der Waals surface area contributed by atoms with Crippen LogP contribution in [-0.4, -0.2) is 37.2 Å². The van der Waals surface area contributed by atoms with E-state index in [9.17, 15) is 9.59 Å². The molecule has 6 heteroatoms. The van der Waals surface area contributed by atoms with Crippen LogP contribution in [0.3, 0.4) is 0 Å². The highest BCUT2D eigenvalue weighted by atomic mass is 32.1. The normalized spacial score (nSPS) is 12.8. The molecular formula is C15H23NO4S. The summed E-state index contributed by atoms with van der Waals surface area (Å²) in [6, 6.07) is 3.33. The Balaban J connectivity index is 2.58. The monoisotopic (exact) mass is 313 g/mol. The summed E-state index contributed by atoms with van der Waals surface area (Å²) < 4.78 is 10.2. The lowest BCUT2D eigenvalue weighted by Gasteiger charge is -2.23. The van der Waals surface area contributed by atoms with Gasteiger partial charge in [0.15, 0.2) is 5.78 Å². The minimum absolute atomic E-state index is 0.0159. The van der Waals surface area contributed by atoms with Gasteiger partial charge in [0.25, 0.3) is 0 Å². The highest BCUT2D eigenvalue weighted by Gasteiger charge is 2.22. The van der Waals surface area contributed by atoms with Gasteiger partial charge in [-0.3, -0.25) is 4.79 Å². The molecule has 0 spiro atoms. The lowest BCUT2D eigenvalue weighted by atomic mass is 10.1. The van der Waals surface area contributed by atoms with Crippen molar-refractivity contribution in [3.05, 3.63) is 22.4 Å². The van der Waals surface area contributed by atoms with Crippen LogP contribution >= 0.6 is 11.3 Å². The molecule has 1 unspecified atom stereocenters. The number of alkyl carbamates (subject to hydrolysis) is 1. The Bertz CT molecular complexity index is 451. The smallest absolute Gasteiger partial charge is 0.407 e. The third-order valence-electron chi connectivity index (χ3n) is 2.62. The van der Waals surface area contributed by atoms with Gasteiger partial charge in [0.1, 0.15) is 5.60 Å². The van der Waals surface area contributed by atoms with Crippen molar-refractivity contribution in [2.75, 3.05) is 13.7 Å². The highest BCUT2D eigenvalue weighted by Crippen LogP contribution is 2.14. The van der Waals surface area contributed by atoms with E-state index in [0.717, 1.165) is 0 Å². The molecule has 1 rings (SSSR count). The molecular weight excluding hydrogens is 290 g/mol. The van der Waals surface area contributed by atoms with Crippen LogP contribution in [0.5, 0.6) is 0 Å². The fraction of sp³-hybridized carbons (Fsp3) is 0.600. The Kier molecular flexibility index (Phi) is 6.84. The molecule has 0 aliphatic rings. The summed E-state index contributed by atoms with van der Waals surface area (Å²) in [4.78, 5) is 24.6. The summed E-state index contributed by atoms with van der Waals surface area (Å²) in [5.41, 5.74) is -0.562. The molecule has 0 aromatic carbocycles. The van der Waals surface area contributed by atoms with Gasteiger partial charge in [-0.05, 0) is 38.6 Å². The first-order valence-electron chi connectivity index (χ1n) is 6.87. The summed E-state index contributed by atoms with van der Waals surface area (Å²) in [7, 11) is 1.59. The first-order valence-corrected chi connectivity index (χ1v) is 7.75. The van der Waals surface area contributed by atoms with Crippen molar-refractivity contribution in [2.45, 2.75) is 45.3 Å². The van der Waals surface area contributed by atoms with Gasteiger partial charge in [0.05, 0.1) is 4.88 Å². The van der Waals surface area contributed by atoms with Gasteiger partial charge in [-0.15, -0.1) is 11.3 Å². The number of carbonyl (C=O) groups excluding carboxylic acids is 2. The molecule has 0 fully saturated rings. The number of hydrogen-bond acceptors (Lipinski definition) is 5. The fourth-order valence-electron chi connectivity index (χ4n) is 1.72. The average Bonchev–Trinajstić information content (AvgIpc) is 2.87. The third kappa shape index (κ3) is 7.24. The first kappa shape index (κ1) is 17.7. The zero-order valence-electron chi connectivity index (χ0n) is 13.0. The topological polar surface area (TPSA) is 64.6 Å². The molecule has 0 saturated heterocycles. The largest absolute Gasteiger partial charge is 0.444 e. The van der Waals surface area contributed by atoms with Gasteiger partial charge in [0, 0.05) is 26.2 Å². The van der Waals surface area contributed by atoms with Crippen LogP contribution in [0.15, 0.2) is 17.5 Å². The van der Waals surface area contributed by atoms with E-state index >= 15 is 0 Å². The van der Waals surface area contributed by atoms with Crippen molar-refractivity contribution in [1.82, 2.24) is 5.32 Å². The van der Waals surface area contributed by atoms with Crippen LogP contribution in [0.4, 0.5) is 4.79 Å². The number of thiophene rings is 1. The molecule has 1 heterocycles. The SMILES string of the molecule is COCCC(CC(=O)c1cccs1)NC(=O)OC(C)(C)C. The lowest BCUT2D eigenvalue weighted by molar-refractivity contribution is 0.0490. The van der Waals surface area contributed by atoms with E-state index in [4.69, 9.17) is 9.47 Å². The van der Waals surface area contributed by atoms with Crippen molar-refractivity contribution in [3.8, 4) is 0 Å². The van der Waals surface area contributed by atoms with Gasteiger partial charge in [-0.1, -0.05) is 6.07 Å². The van der Waals surface area contributed by atoms with E-state index < -0.39 is 11.7 Å². The zero-order valence-corrected chi connectivity index (χ0v) is 13.8. The summed E-state index contributed by atoms with van der Waals surface area (Å²) in [6.07, 6.45) is 0.290. The van der Waals surface area contributed by atoms with E-state index in [-0.39, 0.29) is 18.2 Å². The number of nitrogens with one attached hydrogen (secondary N) is 1. The van der Waals surface area contributed by atoms with Crippen LogP contribution in [0.2, 0.25) is 0 Å². The van der Waals surface area contributed by atoms with Crippen molar-refractivity contribution >= 4 is 23.2 Å². The molecule has 5 nitrogen and oxygen atoms in total. The highest BCUT2D eigenvalue weighted by molar-refractivity contribution is 7.12. The number of ether oxygens (including phenoxy) is 2. The van der Waals surface area contributed by atoms with Crippen LogP contribution in [0, 0.1) is 0 Å². The maximum absolute atomic E-state index is 12.1. The van der Waals surface area contributed by atoms with Crippen molar-refractivity contribution in [1.29, 1.82) is 0 Å². The Labute approximate surface area is 129 Å². The van der Waals surface area contributed by atoms with Gasteiger partial charge in [-0.2, -0.15) is 0 Å². The van der Waals surface area contributed by atoms with Gasteiger partial charge in [-0.25, -0.2) is 4.79 Å². The molecule has 1 aromatic rings. The van der Waals surface area contributed by atoms with Crippen molar-refractivity contribution < 1.29 is 19.1 Å². The minimum atomic E-state index is -0.562. The molecule has 0 saturated carbocycles. The molecule has 1 N–H and O–H groups in total. The van der Waals surface area contributed by atoms with Gasteiger partial charge >= 0.3 is 6.09 Å². The van der Waals surface area contributed by atoms with E-state index in [0.29, 0.717) is 17.9 Å². The van der Waals surface area contributed by atoms with Crippen molar-refractivity contribution in [2.24, 2.45) is 0 Å². The number of amides is 1. The summed E-state index contributed by atoms with van der Waals surface area (Å²) in [5, 5.41) is 4.60. The molecule has 1 amide bonds. The Morgan fingerprint density at radius 3 is 2.62 bits per heavy atom. The molecule has 118 valence electrons. The average molecular weight is 313 g/mol. The number of hydrogen-bond donors (Lipinski definition) is 1. The fourth-order valence-corrected chi connectivity index (χ4v) is 2.40. The lowest BCUT2D eigenvalue weighted by Crippen LogP contribution is -2.40. The number of methoxy groups -OCH3 is 1. The zero-order chi connectivity index (χ0) is 15.9. The third-order valence-corrected chi connectivity index (χ3v) is 3.53. The van der Waals surface area contributed by atoms with Crippen LogP contribution in [0.1, 0.15) is 43.3 Å². The van der Waals surface area contributed by atoms with Gasteiger partial charge < -0.3 is 14.8 Å². The van der Waals surface area contributed by atoms with Crippen molar-refractivity contribution in [3.63, 3.8) is 0 Å². The van der Waals surface area contributed by atoms with E-state index in [1.54, 1.807) is 33.9 Å². The molecule has 0 bridgehead atoms. The molecule has 1 atom stereocenters. The van der Waals surface area contributed by atoms with Crippen LogP contribution < -0.4 is 5.32 Å². The van der Waals surface area contributed by atoms with Crippen LogP contribution in [-0.2, 0) is 9.47 Å². The predicted octanol–water partition coefficient (Wildman–Crippen LogP) is 3.25. The molecule has 0 aliphatic carbocycles. The Morgan fingerprint density at radius 1 is 1.38 bits per heavy atom. The summed E-state index contributed by atoms with van der Waals surface area (Å²) in [6.45, 7) is 5.87. The van der Waals surface area contributed by atoms with E-state index in [1.807, 2.05) is 11.4 Å². The van der Waals surface area contributed by atoms with E-state index in [2.05, 4.69) is 5.32 Å².